The Morgan fingerprint density at radius 3 is 2.50 bits per heavy atom. The Balaban J connectivity index is 1.61. The number of hydrogen-bond acceptors (Lipinski definition) is 5. The second-order valence-corrected chi connectivity index (χ2v) is 6.21. The van der Waals surface area contributed by atoms with Gasteiger partial charge in [0.25, 0.3) is 5.91 Å². The van der Waals surface area contributed by atoms with E-state index in [1.807, 2.05) is 12.1 Å². The molecule has 6 nitrogen and oxygen atoms in total. The standard InChI is InChI=1S/C23H18FN3O3/c1-29-22-12-18(14-26-27-23(28)19-7-9-20(24)10-8-19)6-11-21(22)30-15-17-4-2-16(13-25)3-5-17/h2-12,14H,15H2,1H3,(H,27,28)/b26-14-. The normalized spacial score (nSPS) is 10.4. The lowest BCUT2D eigenvalue weighted by molar-refractivity contribution is 0.0955. The van der Waals surface area contributed by atoms with E-state index < -0.39 is 11.7 Å². The molecule has 3 aromatic carbocycles. The number of nitrogens with one attached hydrogen (secondary N) is 1. The molecular weight excluding hydrogens is 385 g/mol. The van der Waals surface area contributed by atoms with Gasteiger partial charge in [0.15, 0.2) is 11.5 Å². The average molecular weight is 403 g/mol. The highest BCUT2D eigenvalue weighted by Crippen LogP contribution is 2.28. The summed E-state index contributed by atoms with van der Waals surface area (Å²) in [5, 5.41) is 12.8. The molecule has 0 radical (unpaired) electrons. The van der Waals surface area contributed by atoms with Gasteiger partial charge in [-0.2, -0.15) is 10.4 Å². The van der Waals surface area contributed by atoms with Gasteiger partial charge in [0.05, 0.1) is 25.0 Å². The van der Waals surface area contributed by atoms with Crippen molar-refractivity contribution in [2.24, 2.45) is 5.10 Å². The lowest BCUT2D eigenvalue weighted by atomic mass is 10.1. The molecule has 0 spiro atoms. The van der Waals surface area contributed by atoms with Crippen LogP contribution in [0.3, 0.4) is 0 Å². The molecule has 7 heteroatoms. The molecule has 0 fully saturated rings. The fraction of sp³-hybridized carbons (Fsp3) is 0.0870. The molecule has 1 amide bonds. The first-order chi connectivity index (χ1) is 14.6. The number of ether oxygens (including phenoxy) is 2. The Bertz CT molecular complexity index is 1090. The molecule has 1 N–H and O–H groups in total. The molecule has 3 rings (SSSR count). The summed E-state index contributed by atoms with van der Waals surface area (Å²) in [6.45, 7) is 0.323. The highest BCUT2D eigenvalue weighted by molar-refractivity contribution is 5.94. The first-order valence-corrected chi connectivity index (χ1v) is 8.98. The molecule has 0 aliphatic heterocycles. The van der Waals surface area contributed by atoms with E-state index in [4.69, 9.17) is 14.7 Å². The molecule has 0 saturated carbocycles. The van der Waals surface area contributed by atoms with E-state index in [0.29, 0.717) is 34.8 Å². The molecule has 3 aromatic rings. The van der Waals surface area contributed by atoms with Crippen molar-refractivity contribution >= 4 is 12.1 Å². The van der Waals surface area contributed by atoms with E-state index in [1.165, 1.54) is 37.6 Å². The van der Waals surface area contributed by atoms with Crippen LogP contribution in [0.2, 0.25) is 0 Å². The van der Waals surface area contributed by atoms with Crippen LogP contribution in [-0.2, 0) is 6.61 Å². The summed E-state index contributed by atoms with van der Waals surface area (Å²) in [4.78, 5) is 12.0. The molecule has 0 aliphatic rings. The van der Waals surface area contributed by atoms with Crippen LogP contribution in [0.15, 0.2) is 71.8 Å². The minimum absolute atomic E-state index is 0.303. The van der Waals surface area contributed by atoms with Crippen molar-refractivity contribution in [2.45, 2.75) is 6.61 Å². The SMILES string of the molecule is COc1cc(/C=N\NC(=O)c2ccc(F)cc2)ccc1OCc1ccc(C#N)cc1. The molecule has 0 aliphatic carbocycles. The zero-order valence-electron chi connectivity index (χ0n) is 16.1. The third-order valence-electron chi connectivity index (χ3n) is 4.15. The van der Waals surface area contributed by atoms with Crippen LogP contribution in [0.25, 0.3) is 0 Å². The third-order valence-corrected chi connectivity index (χ3v) is 4.15. The van der Waals surface area contributed by atoms with E-state index in [2.05, 4.69) is 16.6 Å². The van der Waals surface area contributed by atoms with Gasteiger partial charge in [0.2, 0.25) is 0 Å². The Hall–Kier alpha value is -4.18. The smallest absolute Gasteiger partial charge is 0.271 e. The second kappa shape index (κ2) is 9.85. The van der Waals surface area contributed by atoms with Crippen molar-refractivity contribution in [1.29, 1.82) is 5.26 Å². The van der Waals surface area contributed by atoms with Crippen LogP contribution in [0, 0.1) is 17.1 Å². The number of nitriles is 1. The predicted molar refractivity (Wildman–Crippen MR) is 110 cm³/mol. The number of methoxy groups -OCH3 is 1. The lowest BCUT2D eigenvalue weighted by Gasteiger charge is -2.11. The average Bonchev–Trinajstić information content (AvgIpc) is 2.78. The summed E-state index contributed by atoms with van der Waals surface area (Å²) in [6, 6.07) is 19.6. The summed E-state index contributed by atoms with van der Waals surface area (Å²) >= 11 is 0. The highest BCUT2D eigenvalue weighted by Gasteiger charge is 2.07. The molecule has 0 unspecified atom stereocenters. The molecule has 0 heterocycles. The number of carbonyl (C=O) groups is 1. The Morgan fingerprint density at radius 1 is 1.10 bits per heavy atom. The van der Waals surface area contributed by atoms with Crippen molar-refractivity contribution in [2.75, 3.05) is 7.11 Å². The van der Waals surface area contributed by atoms with Crippen LogP contribution in [0.1, 0.15) is 27.0 Å². The Morgan fingerprint density at radius 2 is 1.83 bits per heavy atom. The number of halogens is 1. The lowest BCUT2D eigenvalue weighted by Crippen LogP contribution is -2.17. The topological polar surface area (TPSA) is 83.7 Å². The Kier molecular flexibility index (Phi) is 6.74. The van der Waals surface area contributed by atoms with Crippen molar-refractivity contribution in [1.82, 2.24) is 5.43 Å². The minimum Gasteiger partial charge on any atom is -0.493 e. The van der Waals surface area contributed by atoms with E-state index in [9.17, 15) is 9.18 Å². The van der Waals surface area contributed by atoms with E-state index in [-0.39, 0.29) is 0 Å². The zero-order valence-corrected chi connectivity index (χ0v) is 16.1. The van der Waals surface area contributed by atoms with Crippen molar-refractivity contribution < 1.29 is 18.7 Å². The van der Waals surface area contributed by atoms with Gasteiger partial charge in [-0.15, -0.1) is 0 Å². The van der Waals surface area contributed by atoms with Gasteiger partial charge in [-0.05, 0) is 65.7 Å². The van der Waals surface area contributed by atoms with E-state index in [1.54, 1.807) is 30.3 Å². The van der Waals surface area contributed by atoms with Crippen LogP contribution < -0.4 is 14.9 Å². The van der Waals surface area contributed by atoms with E-state index >= 15 is 0 Å². The molecule has 0 atom stereocenters. The number of nitrogens with zero attached hydrogens (tertiary/aromatic N) is 2. The monoisotopic (exact) mass is 403 g/mol. The predicted octanol–water partition coefficient (Wildman–Crippen LogP) is 4.05. The van der Waals surface area contributed by atoms with Gasteiger partial charge in [-0.25, -0.2) is 9.82 Å². The van der Waals surface area contributed by atoms with Gasteiger partial charge in [0, 0.05) is 5.56 Å². The minimum atomic E-state index is -0.444. The molecule has 30 heavy (non-hydrogen) atoms. The van der Waals surface area contributed by atoms with Gasteiger partial charge < -0.3 is 9.47 Å². The summed E-state index contributed by atoms with van der Waals surface area (Å²) < 4.78 is 24.1. The summed E-state index contributed by atoms with van der Waals surface area (Å²) in [7, 11) is 1.53. The quantitative estimate of drug-likeness (QED) is 0.477. The maximum absolute atomic E-state index is 12.9. The number of hydrazone groups is 1. The van der Waals surface area contributed by atoms with Crippen molar-refractivity contribution in [3.8, 4) is 17.6 Å². The van der Waals surface area contributed by atoms with E-state index in [0.717, 1.165) is 5.56 Å². The fourth-order valence-corrected chi connectivity index (χ4v) is 2.55. The second-order valence-electron chi connectivity index (χ2n) is 6.21. The van der Waals surface area contributed by atoms with Crippen LogP contribution >= 0.6 is 0 Å². The molecule has 0 aromatic heterocycles. The van der Waals surface area contributed by atoms with Gasteiger partial charge >= 0.3 is 0 Å². The number of rotatable bonds is 7. The maximum Gasteiger partial charge on any atom is 0.271 e. The highest BCUT2D eigenvalue weighted by atomic mass is 19.1. The first-order valence-electron chi connectivity index (χ1n) is 8.98. The Labute approximate surface area is 173 Å². The van der Waals surface area contributed by atoms with Crippen LogP contribution in [0.4, 0.5) is 4.39 Å². The number of carbonyl (C=O) groups excluding carboxylic acids is 1. The number of benzene rings is 3. The van der Waals surface area contributed by atoms with Crippen LogP contribution in [0.5, 0.6) is 11.5 Å². The number of amides is 1. The van der Waals surface area contributed by atoms with Gasteiger partial charge in [-0.3, -0.25) is 4.79 Å². The van der Waals surface area contributed by atoms with Crippen LogP contribution in [-0.4, -0.2) is 19.2 Å². The van der Waals surface area contributed by atoms with Crippen molar-refractivity contribution in [3.63, 3.8) is 0 Å². The third kappa shape index (κ3) is 5.42. The first kappa shape index (κ1) is 20.6. The molecule has 150 valence electrons. The zero-order chi connectivity index (χ0) is 21.3. The van der Waals surface area contributed by atoms with Crippen molar-refractivity contribution in [3.05, 3.63) is 94.8 Å². The van der Waals surface area contributed by atoms with Gasteiger partial charge in [-0.1, -0.05) is 12.1 Å². The van der Waals surface area contributed by atoms with Gasteiger partial charge in [0.1, 0.15) is 12.4 Å². The molecule has 0 saturated heterocycles. The summed E-state index contributed by atoms with van der Waals surface area (Å²) in [6.07, 6.45) is 1.47. The summed E-state index contributed by atoms with van der Waals surface area (Å²) in [5.74, 6) is 0.205. The number of hydrogen-bond donors (Lipinski definition) is 1. The fourth-order valence-electron chi connectivity index (χ4n) is 2.55. The summed E-state index contributed by atoms with van der Waals surface area (Å²) in [5.41, 5.74) is 4.89. The largest absolute Gasteiger partial charge is 0.493 e. The maximum atomic E-state index is 12.9. The molecule has 0 bridgehead atoms. The molecular formula is C23H18FN3O3.